The quantitative estimate of drug-likeness (QED) is 0.567. The molecule has 0 radical (unpaired) electrons. The van der Waals surface area contributed by atoms with Gasteiger partial charge in [-0.1, -0.05) is 38.5 Å². The highest BCUT2D eigenvalue weighted by Gasteiger charge is 2.61. The topological polar surface area (TPSA) is 0 Å². The lowest BCUT2D eigenvalue weighted by atomic mass is 9.64. The van der Waals surface area contributed by atoms with Gasteiger partial charge in [0.25, 0.3) is 0 Å². The third kappa shape index (κ3) is 1.99. The lowest BCUT2D eigenvalue weighted by molar-refractivity contribution is 0.0769. The average molecular weight is 287 g/mol. The summed E-state index contributed by atoms with van der Waals surface area (Å²) in [4.78, 5) is 0. The molecule has 118 valence electrons. The van der Waals surface area contributed by atoms with Crippen molar-refractivity contribution in [1.29, 1.82) is 0 Å². The maximum absolute atomic E-state index is 1.63. The van der Waals surface area contributed by atoms with Crippen molar-refractivity contribution in [3.8, 4) is 0 Å². The van der Waals surface area contributed by atoms with Gasteiger partial charge in [0.05, 0.1) is 0 Å². The SMILES string of the molecule is C1CCC2C(C1)CCC2C1(C2CCC3CCCCC32)CC1. The van der Waals surface area contributed by atoms with E-state index in [4.69, 9.17) is 0 Å². The Hall–Kier alpha value is 0. The van der Waals surface area contributed by atoms with Gasteiger partial charge in [0.1, 0.15) is 0 Å². The number of hydrogen-bond acceptors (Lipinski definition) is 0. The van der Waals surface area contributed by atoms with Crippen molar-refractivity contribution in [2.24, 2.45) is 40.9 Å². The van der Waals surface area contributed by atoms with Crippen molar-refractivity contribution in [2.75, 3.05) is 0 Å². The normalized spacial score (nSPS) is 51.4. The van der Waals surface area contributed by atoms with E-state index in [-0.39, 0.29) is 0 Å². The molecule has 0 nitrogen and oxygen atoms in total. The van der Waals surface area contributed by atoms with Gasteiger partial charge in [0, 0.05) is 0 Å². The summed E-state index contributed by atoms with van der Waals surface area (Å²) in [5, 5.41) is 0. The first-order chi connectivity index (χ1) is 10.4. The molecule has 0 aliphatic heterocycles. The van der Waals surface area contributed by atoms with Crippen LogP contribution >= 0.6 is 0 Å². The molecular formula is C21H34. The summed E-state index contributed by atoms with van der Waals surface area (Å²) in [5.74, 6) is 7.00. The van der Waals surface area contributed by atoms with Gasteiger partial charge < -0.3 is 0 Å². The predicted octanol–water partition coefficient (Wildman–Crippen LogP) is 6.20. The molecule has 21 heavy (non-hydrogen) atoms. The fourth-order valence-electron chi connectivity index (χ4n) is 8.05. The van der Waals surface area contributed by atoms with Gasteiger partial charge in [-0.2, -0.15) is 0 Å². The van der Waals surface area contributed by atoms with Gasteiger partial charge in [0.2, 0.25) is 0 Å². The predicted molar refractivity (Wildman–Crippen MR) is 88.0 cm³/mol. The van der Waals surface area contributed by atoms with Crippen LogP contribution in [0.15, 0.2) is 0 Å². The van der Waals surface area contributed by atoms with Crippen LogP contribution in [0.1, 0.15) is 89.9 Å². The molecule has 0 aromatic carbocycles. The Balaban J connectivity index is 1.38. The summed E-state index contributed by atoms with van der Waals surface area (Å²) in [5.41, 5.74) is 0.882. The van der Waals surface area contributed by atoms with Crippen LogP contribution < -0.4 is 0 Å². The second-order valence-electron chi connectivity index (χ2n) is 9.52. The van der Waals surface area contributed by atoms with Crippen LogP contribution in [0.4, 0.5) is 0 Å². The van der Waals surface area contributed by atoms with Crippen molar-refractivity contribution in [3.05, 3.63) is 0 Å². The molecule has 0 aromatic rings. The second kappa shape index (κ2) is 5.00. The molecule has 5 fully saturated rings. The Kier molecular flexibility index (Phi) is 3.20. The number of fused-ring (bicyclic) bond motifs is 2. The summed E-state index contributed by atoms with van der Waals surface area (Å²) < 4.78 is 0. The third-order valence-electron chi connectivity index (χ3n) is 8.97. The van der Waals surface area contributed by atoms with Crippen LogP contribution in [0.5, 0.6) is 0 Å². The van der Waals surface area contributed by atoms with E-state index in [1.807, 2.05) is 0 Å². The minimum Gasteiger partial charge on any atom is -0.0530 e. The van der Waals surface area contributed by atoms with Crippen LogP contribution in [0, 0.1) is 40.9 Å². The standard InChI is InChI=1S/C21H34/c1-3-7-17-15(5-1)9-11-19(17)21(13-14-21)20-12-10-16-6-2-4-8-18(16)20/h15-20H,1-14H2. The first-order valence-electron chi connectivity index (χ1n) is 10.4. The molecule has 5 aliphatic carbocycles. The summed E-state index contributed by atoms with van der Waals surface area (Å²) in [7, 11) is 0. The van der Waals surface area contributed by atoms with E-state index in [0.717, 1.165) is 17.3 Å². The highest BCUT2D eigenvalue weighted by atomic mass is 14.7. The Morgan fingerprint density at radius 1 is 0.476 bits per heavy atom. The zero-order valence-electron chi connectivity index (χ0n) is 13.9. The average Bonchev–Trinajstić information content (AvgIpc) is 3.03. The molecule has 5 rings (SSSR count). The van der Waals surface area contributed by atoms with Gasteiger partial charge in [-0.15, -0.1) is 0 Å². The molecule has 0 spiro atoms. The monoisotopic (exact) mass is 286 g/mol. The van der Waals surface area contributed by atoms with Crippen molar-refractivity contribution in [3.63, 3.8) is 0 Å². The Morgan fingerprint density at radius 3 is 1.43 bits per heavy atom. The highest BCUT2D eigenvalue weighted by molar-refractivity contribution is 5.11. The fourth-order valence-corrected chi connectivity index (χ4v) is 8.05. The first-order valence-corrected chi connectivity index (χ1v) is 10.4. The summed E-state index contributed by atoms with van der Waals surface area (Å²) >= 11 is 0. The Labute approximate surface area is 131 Å². The van der Waals surface area contributed by atoms with E-state index < -0.39 is 0 Å². The molecule has 5 saturated carbocycles. The molecule has 5 aliphatic rings. The van der Waals surface area contributed by atoms with E-state index >= 15 is 0 Å². The molecule has 0 amide bonds. The zero-order chi connectivity index (χ0) is 13.9. The summed E-state index contributed by atoms with van der Waals surface area (Å²) in [6.07, 6.45) is 22.4. The smallest absolute Gasteiger partial charge is 0.0235 e. The van der Waals surface area contributed by atoms with Crippen LogP contribution in [0.25, 0.3) is 0 Å². The lowest BCUT2D eigenvalue weighted by Gasteiger charge is -2.41. The molecule has 0 saturated heterocycles. The molecule has 0 heterocycles. The number of rotatable bonds is 2. The van der Waals surface area contributed by atoms with Crippen LogP contribution in [-0.4, -0.2) is 0 Å². The van der Waals surface area contributed by atoms with Gasteiger partial charge in [-0.3, -0.25) is 0 Å². The molecule has 0 heteroatoms. The van der Waals surface area contributed by atoms with Crippen molar-refractivity contribution in [2.45, 2.75) is 89.9 Å². The van der Waals surface area contributed by atoms with Crippen LogP contribution in [0.3, 0.4) is 0 Å². The molecule has 6 atom stereocenters. The second-order valence-corrected chi connectivity index (χ2v) is 9.52. The minimum absolute atomic E-state index is 0.882. The molecule has 0 aromatic heterocycles. The zero-order valence-corrected chi connectivity index (χ0v) is 13.9. The van der Waals surface area contributed by atoms with E-state index in [0.29, 0.717) is 0 Å². The third-order valence-corrected chi connectivity index (χ3v) is 8.97. The molecule has 0 N–H and O–H groups in total. The number of hydrogen-bond donors (Lipinski definition) is 0. The van der Waals surface area contributed by atoms with Gasteiger partial charge in [-0.05, 0) is 92.3 Å². The first kappa shape index (κ1) is 13.4. The van der Waals surface area contributed by atoms with Crippen molar-refractivity contribution < 1.29 is 0 Å². The van der Waals surface area contributed by atoms with Gasteiger partial charge >= 0.3 is 0 Å². The molecular weight excluding hydrogens is 252 g/mol. The summed E-state index contributed by atoms with van der Waals surface area (Å²) in [6.45, 7) is 0. The van der Waals surface area contributed by atoms with E-state index in [9.17, 15) is 0 Å². The minimum atomic E-state index is 0.882. The van der Waals surface area contributed by atoms with Crippen LogP contribution in [-0.2, 0) is 0 Å². The van der Waals surface area contributed by atoms with E-state index in [2.05, 4.69) is 0 Å². The van der Waals surface area contributed by atoms with Crippen LogP contribution in [0.2, 0.25) is 0 Å². The van der Waals surface area contributed by atoms with Gasteiger partial charge in [-0.25, -0.2) is 0 Å². The van der Waals surface area contributed by atoms with Crippen molar-refractivity contribution in [1.82, 2.24) is 0 Å². The maximum atomic E-state index is 1.63. The summed E-state index contributed by atoms with van der Waals surface area (Å²) in [6, 6.07) is 0. The fraction of sp³-hybridized carbons (Fsp3) is 1.00. The largest absolute Gasteiger partial charge is 0.0530 e. The molecule has 0 bridgehead atoms. The van der Waals surface area contributed by atoms with Crippen molar-refractivity contribution >= 4 is 0 Å². The maximum Gasteiger partial charge on any atom is -0.0235 e. The van der Waals surface area contributed by atoms with E-state index in [1.54, 1.807) is 89.9 Å². The molecule has 6 unspecified atom stereocenters. The Bertz CT molecular complexity index is 359. The lowest BCUT2D eigenvalue weighted by Crippen LogP contribution is -2.34. The highest BCUT2D eigenvalue weighted by Crippen LogP contribution is 2.70. The van der Waals surface area contributed by atoms with Gasteiger partial charge in [0.15, 0.2) is 0 Å². The Morgan fingerprint density at radius 2 is 0.952 bits per heavy atom. The van der Waals surface area contributed by atoms with E-state index in [1.165, 1.54) is 23.7 Å².